The number of rotatable bonds is 6. The fraction of sp³-hybridized carbons (Fsp3) is 0.250. The van der Waals surface area contributed by atoms with Crippen LogP contribution in [0.1, 0.15) is 17.5 Å². The molecule has 1 N–H and O–H groups in total. The topological polar surface area (TPSA) is 93.1 Å². The summed E-state index contributed by atoms with van der Waals surface area (Å²) >= 11 is 0. The highest BCUT2D eigenvalue weighted by molar-refractivity contribution is 6.05. The normalized spacial score (nSPS) is 13.4. The van der Waals surface area contributed by atoms with E-state index in [4.69, 9.17) is 14.6 Å². The van der Waals surface area contributed by atoms with E-state index in [0.717, 1.165) is 11.1 Å². The minimum atomic E-state index is -0.890. The van der Waals surface area contributed by atoms with Crippen molar-refractivity contribution in [3.8, 4) is 0 Å². The molecule has 1 aliphatic rings. The van der Waals surface area contributed by atoms with Crippen LogP contribution in [0.25, 0.3) is 0 Å². The van der Waals surface area contributed by atoms with Gasteiger partial charge in [-0.1, -0.05) is 18.2 Å². The van der Waals surface area contributed by atoms with Crippen LogP contribution in [-0.2, 0) is 30.3 Å². The van der Waals surface area contributed by atoms with Crippen LogP contribution in [0.2, 0.25) is 0 Å². The lowest BCUT2D eigenvalue weighted by atomic mass is 10.0. The fourth-order valence-electron chi connectivity index (χ4n) is 2.67. The first kappa shape index (κ1) is 20.0. The van der Waals surface area contributed by atoms with Crippen molar-refractivity contribution in [2.24, 2.45) is 0 Å². The van der Waals surface area contributed by atoms with Gasteiger partial charge in [-0.25, -0.2) is 9.59 Å². The Morgan fingerprint density at radius 2 is 1.78 bits per heavy atom. The van der Waals surface area contributed by atoms with Crippen LogP contribution in [0, 0.1) is 6.92 Å². The molecular weight excluding hydrogens is 350 g/mol. The summed E-state index contributed by atoms with van der Waals surface area (Å²) in [6.45, 7) is 1.86. The van der Waals surface area contributed by atoms with E-state index in [1.807, 2.05) is 19.1 Å². The number of methoxy groups -OCH3 is 2. The van der Waals surface area contributed by atoms with Gasteiger partial charge in [-0.05, 0) is 42.7 Å². The van der Waals surface area contributed by atoms with Gasteiger partial charge in [-0.3, -0.25) is 4.79 Å². The van der Waals surface area contributed by atoms with Crippen LogP contribution < -0.4 is 4.90 Å². The van der Waals surface area contributed by atoms with Crippen molar-refractivity contribution in [3.05, 3.63) is 65.0 Å². The first-order valence-electron chi connectivity index (χ1n) is 8.25. The summed E-state index contributed by atoms with van der Waals surface area (Å²) in [7, 11) is 2.47. The Bertz CT molecular complexity index is 850. The molecule has 142 valence electrons. The predicted molar refractivity (Wildman–Crippen MR) is 99.0 cm³/mol. The Kier molecular flexibility index (Phi) is 6.54. The van der Waals surface area contributed by atoms with Crippen molar-refractivity contribution in [3.63, 3.8) is 0 Å². The number of carbonyl (C=O) groups excluding carboxylic acids is 2. The zero-order valence-corrected chi connectivity index (χ0v) is 15.4. The zero-order valence-electron chi connectivity index (χ0n) is 15.4. The van der Waals surface area contributed by atoms with Gasteiger partial charge in [-0.15, -0.1) is 0 Å². The molecule has 2 rings (SSSR count). The second-order valence-electron chi connectivity index (χ2n) is 5.83. The number of carboxylic acid groups (broad SMARTS) is 1. The number of hydrogen-bond acceptors (Lipinski definition) is 6. The molecule has 0 atom stereocenters. The van der Waals surface area contributed by atoms with Crippen molar-refractivity contribution >= 4 is 23.6 Å². The highest BCUT2D eigenvalue weighted by atomic mass is 16.5. The quantitative estimate of drug-likeness (QED) is 0.768. The number of carbonyl (C=O) groups is 3. The third-order valence-corrected chi connectivity index (χ3v) is 4.05. The molecule has 0 amide bonds. The van der Waals surface area contributed by atoms with E-state index in [0.29, 0.717) is 12.1 Å². The van der Waals surface area contributed by atoms with Gasteiger partial charge in [-0.2, -0.15) is 0 Å². The van der Waals surface area contributed by atoms with Crippen LogP contribution >= 0.6 is 0 Å². The molecule has 1 aliphatic heterocycles. The van der Waals surface area contributed by atoms with Gasteiger partial charge >= 0.3 is 17.9 Å². The van der Waals surface area contributed by atoms with E-state index in [1.165, 1.54) is 20.3 Å². The lowest BCUT2D eigenvalue weighted by molar-refractivity contribution is -0.139. The molecule has 0 unspecified atom stereocenters. The van der Waals surface area contributed by atoms with E-state index in [2.05, 4.69) is 0 Å². The number of allylic oxidation sites excluding steroid dienone is 2. The molecule has 0 aliphatic carbocycles. The lowest BCUT2D eigenvalue weighted by Crippen LogP contribution is -2.27. The lowest BCUT2D eigenvalue weighted by Gasteiger charge is -2.25. The number of nitrogens with zero attached hydrogens (tertiary/aromatic N) is 1. The molecule has 0 fully saturated rings. The molecule has 0 saturated carbocycles. The van der Waals surface area contributed by atoms with Gasteiger partial charge in [0, 0.05) is 18.3 Å². The van der Waals surface area contributed by atoms with E-state index in [9.17, 15) is 14.4 Å². The molecule has 7 nitrogen and oxygen atoms in total. The minimum Gasteiger partial charge on any atom is -0.481 e. The number of anilines is 1. The minimum absolute atomic E-state index is 0.00694. The molecular formula is C20H21NO6. The van der Waals surface area contributed by atoms with Gasteiger partial charge in [0.2, 0.25) is 0 Å². The van der Waals surface area contributed by atoms with Crippen molar-refractivity contribution in [1.82, 2.24) is 0 Å². The van der Waals surface area contributed by atoms with E-state index in [-0.39, 0.29) is 17.7 Å². The number of benzene rings is 1. The summed E-state index contributed by atoms with van der Waals surface area (Å²) in [4.78, 5) is 37.1. The molecule has 27 heavy (non-hydrogen) atoms. The van der Waals surface area contributed by atoms with Crippen molar-refractivity contribution in [2.75, 3.05) is 19.1 Å². The Morgan fingerprint density at radius 3 is 2.41 bits per heavy atom. The van der Waals surface area contributed by atoms with Gasteiger partial charge < -0.3 is 19.5 Å². The van der Waals surface area contributed by atoms with Gasteiger partial charge in [0.25, 0.3) is 0 Å². The van der Waals surface area contributed by atoms with E-state index < -0.39 is 17.9 Å². The third-order valence-electron chi connectivity index (χ3n) is 4.05. The van der Waals surface area contributed by atoms with Crippen molar-refractivity contribution < 1.29 is 29.0 Å². The molecule has 0 saturated heterocycles. The van der Waals surface area contributed by atoms with Crippen LogP contribution in [-0.4, -0.2) is 37.2 Å². The fourth-order valence-corrected chi connectivity index (χ4v) is 2.67. The Labute approximate surface area is 157 Å². The summed E-state index contributed by atoms with van der Waals surface area (Å²) < 4.78 is 9.68. The summed E-state index contributed by atoms with van der Waals surface area (Å²) in [5, 5.41) is 8.90. The molecule has 1 aromatic carbocycles. The Morgan fingerprint density at radius 1 is 1.07 bits per heavy atom. The van der Waals surface area contributed by atoms with Gasteiger partial charge in [0.05, 0.1) is 19.8 Å². The number of esters is 2. The molecule has 7 heteroatoms. The van der Waals surface area contributed by atoms with Crippen LogP contribution in [0.4, 0.5) is 5.69 Å². The van der Waals surface area contributed by atoms with Crippen LogP contribution in [0.15, 0.2) is 53.9 Å². The molecule has 0 spiro atoms. The maximum Gasteiger partial charge on any atom is 0.355 e. The molecule has 1 heterocycles. The van der Waals surface area contributed by atoms with Crippen molar-refractivity contribution in [2.45, 2.75) is 19.8 Å². The van der Waals surface area contributed by atoms with Crippen LogP contribution in [0.5, 0.6) is 0 Å². The number of hydrogen-bond donors (Lipinski definition) is 1. The summed E-state index contributed by atoms with van der Waals surface area (Å²) in [6.07, 6.45) is 6.77. The summed E-state index contributed by atoms with van der Waals surface area (Å²) in [6, 6.07) is 5.47. The highest BCUT2D eigenvalue weighted by Gasteiger charge is 2.28. The average molecular weight is 371 g/mol. The molecule has 0 bridgehead atoms. The number of ether oxygens (including phenoxy) is 2. The number of aryl methyl sites for hydroxylation is 2. The number of carboxylic acids is 1. The van der Waals surface area contributed by atoms with Gasteiger partial charge in [0.1, 0.15) is 5.70 Å². The number of aliphatic carboxylic acids is 1. The maximum atomic E-state index is 12.5. The smallest absolute Gasteiger partial charge is 0.355 e. The molecule has 1 aromatic rings. The molecule has 0 radical (unpaired) electrons. The van der Waals surface area contributed by atoms with Crippen LogP contribution in [0.3, 0.4) is 0 Å². The first-order valence-corrected chi connectivity index (χ1v) is 8.25. The third kappa shape index (κ3) is 4.63. The van der Waals surface area contributed by atoms with E-state index >= 15 is 0 Å². The largest absolute Gasteiger partial charge is 0.481 e. The highest BCUT2D eigenvalue weighted by Crippen LogP contribution is 2.30. The second kappa shape index (κ2) is 8.84. The van der Waals surface area contributed by atoms with Gasteiger partial charge in [0.15, 0.2) is 0 Å². The standard InChI is InChI=1S/C20H21NO6/c1-13-7-8-14(9-10-17(22)23)12-16(13)21-11-5-4-6-15(19(24)26-2)18(21)20(25)27-3/h4-8,11-12H,9-10H2,1-3H3,(H,22,23). The monoisotopic (exact) mass is 371 g/mol. The second-order valence-corrected chi connectivity index (χ2v) is 5.83. The Hall–Kier alpha value is -3.35. The SMILES string of the molecule is COC(=O)C1=C(C(=O)OC)N(c2cc(CCC(=O)O)ccc2C)C=CC=C1. The summed E-state index contributed by atoms with van der Waals surface area (Å²) in [5.41, 5.74) is 2.36. The first-order chi connectivity index (χ1) is 12.9. The maximum absolute atomic E-state index is 12.5. The average Bonchev–Trinajstić information content (AvgIpc) is 2.88. The zero-order chi connectivity index (χ0) is 20.0. The van der Waals surface area contributed by atoms with E-state index in [1.54, 1.807) is 29.3 Å². The molecule has 0 aromatic heterocycles. The summed E-state index contributed by atoms with van der Waals surface area (Å²) in [5.74, 6) is -2.25. The predicted octanol–water partition coefficient (Wildman–Crippen LogP) is 2.50. The Balaban J connectivity index is 2.59. The van der Waals surface area contributed by atoms with Crippen molar-refractivity contribution in [1.29, 1.82) is 0 Å².